The van der Waals surface area contributed by atoms with Crippen LogP contribution in [0.25, 0.3) is 5.76 Å². The van der Waals surface area contributed by atoms with Gasteiger partial charge in [0.25, 0.3) is 11.7 Å². The van der Waals surface area contributed by atoms with E-state index in [-0.39, 0.29) is 17.9 Å². The smallest absolute Gasteiger partial charge is 0.295 e. The molecule has 1 fully saturated rings. The Kier molecular flexibility index (Phi) is 5.78. The van der Waals surface area contributed by atoms with Gasteiger partial charge in [-0.2, -0.15) is 0 Å². The molecule has 3 aromatic rings. The Morgan fingerprint density at radius 3 is 2.23 bits per heavy atom. The third-order valence-electron chi connectivity index (χ3n) is 5.28. The van der Waals surface area contributed by atoms with E-state index in [2.05, 4.69) is 0 Å². The van der Waals surface area contributed by atoms with E-state index < -0.39 is 17.7 Å². The lowest BCUT2D eigenvalue weighted by Crippen LogP contribution is -2.29. The first-order valence-corrected chi connectivity index (χ1v) is 10.1. The second-order valence-electron chi connectivity index (χ2n) is 7.19. The van der Waals surface area contributed by atoms with Crippen molar-refractivity contribution in [2.75, 3.05) is 7.11 Å². The number of benzene rings is 3. The number of ether oxygens (including phenoxy) is 1. The van der Waals surface area contributed by atoms with E-state index in [0.29, 0.717) is 21.9 Å². The number of ketones is 1. The molecule has 1 aliphatic rings. The zero-order valence-electron chi connectivity index (χ0n) is 16.8. The third-order valence-corrected chi connectivity index (χ3v) is 5.54. The minimum absolute atomic E-state index is 0.0495. The van der Waals surface area contributed by atoms with Crippen LogP contribution in [-0.4, -0.2) is 28.8 Å². The van der Waals surface area contributed by atoms with Crippen LogP contribution in [0, 0.1) is 0 Å². The second-order valence-corrected chi connectivity index (χ2v) is 7.63. The number of carbonyl (C=O) groups excluding carboxylic acids is 2. The summed E-state index contributed by atoms with van der Waals surface area (Å²) in [6.07, 6.45) is 0. The Balaban J connectivity index is 1.85. The molecule has 156 valence electrons. The molecule has 0 saturated carbocycles. The highest BCUT2D eigenvalue weighted by molar-refractivity contribution is 6.46. The van der Waals surface area contributed by atoms with Crippen molar-refractivity contribution < 1.29 is 19.4 Å². The first-order chi connectivity index (χ1) is 15.0. The van der Waals surface area contributed by atoms with Crippen molar-refractivity contribution in [1.29, 1.82) is 0 Å². The SMILES string of the molecule is COc1ccc(C2/C(=C(\O)c3ccc(Cl)cc3)C(=O)C(=O)N2Cc2ccccc2)cc1. The quantitative estimate of drug-likeness (QED) is 0.350. The number of rotatable bonds is 5. The number of hydrogen-bond acceptors (Lipinski definition) is 4. The number of aliphatic hydroxyl groups excluding tert-OH is 1. The van der Waals surface area contributed by atoms with Crippen LogP contribution in [0.3, 0.4) is 0 Å². The number of amides is 1. The summed E-state index contributed by atoms with van der Waals surface area (Å²) in [5.41, 5.74) is 2.05. The van der Waals surface area contributed by atoms with Crippen LogP contribution in [0.15, 0.2) is 84.4 Å². The predicted molar refractivity (Wildman–Crippen MR) is 119 cm³/mol. The fourth-order valence-electron chi connectivity index (χ4n) is 3.72. The molecular weight excluding hydrogens is 414 g/mol. The number of carbonyl (C=O) groups is 2. The Morgan fingerprint density at radius 1 is 0.968 bits per heavy atom. The van der Waals surface area contributed by atoms with Gasteiger partial charge in [0, 0.05) is 17.1 Å². The largest absolute Gasteiger partial charge is 0.507 e. The molecule has 1 saturated heterocycles. The number of Topliss-reactive ketones (excluding diaryl/α,β-unsaturated/α-hetero) is 1. The number of nitrogens with zero attached hydrogens (tertiary/aromatic N) is 1. The summed E-state index contributed by atoms with van der Waals surface area (Å²) in [5.74, 6) is -0.947. The maximum absolute atomic E-state index is 13.0. The Morgan fingerprint density at radius 2 is 1.61 bits per heavy atom. The van der Waals surface area contributed by atoms with Crippen molar-refractivity contribution in [1.82, 2.24) is 4.90 Å². The Bertz CT molecular complexity index is 1140. The average Bonchev–Trinajstić information content (AvgIpc) is 3.05. The molecule has 1 unspecified atom stereocenters. The molecule has 0 aromatic heterocycles. The van der Waals surface area contributed by atoms with E-state index in [0.717, 1.165) is 5.56 Å². The van der Waals surface area contributed by atoms with Crippen molar-refractivity contribution >= 4 is 29.1 Å². The molecule has 4 rings (SSSR count). The van der Waals surface area contributed by atoms with E-state index >= 15 is 0 Å². The molecule has 31 heavy (non-hydrogen) atoms. The maximum Gasteiger partial charge on any atom is 0.295 e. The highest BCUT2D eigenvalue weighted by Crippen LogP contribution is 2.40. The van der Waals surface area contributed by atoms with Crippen LogP contribution in [0.5, 0.6) is 5.75 Å². The Hall–Kier alpha value is -3.57. The molecule has 1 heterocycles. The number of halogens is 1. The minimum Gasteiger partial charge on any atom is -0.507 e. The Labute approximate surface area is 185 Å². The molecule has 1 amide bonds. The molecule has 0 aliphatic carbocycles. The highest BCUT2D eigenvalue weighted by atomic mass is 35.5. The van der Waals surface area contributed by atoms with Crippen LogP contribution in [0.4, 0.5) is 0 Å². The summed E-state index contributed by atoms with van der Waals surface area (Å²) in [6, 6.07) is 22.3. The van der Waals surface area contributed by atoms with E-state index in [4.69, 9.17) is 16.3 Å². The van der Waals surface area contributed by atoms with Gasteiger partial charge in [-0.25, -0.2) is 0 Å². The fourth-order valence-corrected chi connectivity index (χ4v) is 3.85. The van der Waals surface area contributed by atoms with Crippen LogP contribution in [-0.2, 0) is 16.1 Å². The zero-order valence-corrected chi connectivity index (χ0v) is 17.5. The van der Waals surface area contributed by atoms with E-state index in [9.17, 15) is 14.7 Å². The van der Waals surface area contributed by atoms with Gasteiger partial charge in [-0.1, -0.05) is 54.1 Å². The van der Waals surface area contributed by atoms with Gasteiger partial charge >= 0.3 is 0 Å². The summed E-state index contributed by atoms with van der Waals surface area (Å²) in [6.45, 7) is 0.236. The standard InChI is InChI=1S/C25H20ClNO4/c1-31-20-13-9-17(10-14-20)22-21(23(28)18-7-11-19(26)12-8-18)24(29)25(30)27(22)15-16-5-3-2-4-6-16/h2-14,22,28H,15H2,1H3/b23-21+. The van der Waals surface area contributed by atoms with Gasteiger partial charge in [-0.15, -0.1) is 0 Å². The predicted octanol–water partition coefficient (Wildman–Crippen LogP) is 4.97. The lowest BCUT2D eigenvalue weighted by Gasteiger charge is -2.25. The lowest BCUT2D eigenvalue weighted by atomic mass is 9.95. The van der Waals surface area contributed by atoms with Crippen molar-refractivity contribution in [2.45, 2.75) is 12.6 Å². The summed E-state index contributed by atoms with van der Waals surface area (Å²) >= 11 is 5.96. The molecule has 1 atom stereocenters. The number of aliphatic hydroxyl groups is 1. The van der Waals surface area contributed by atoms with E-state index in [1.165, 1.54) is 4.90 Å². The van der Waals surface area contributed by atoms with Crippen molar-refractivity contribution in [2.24, 2.45) is 0 Å². The molecule has 6 heteroatoms. The van der Waals surface area contributed by atoms with Crippen LogP contribution in [0.2, 0.25) is 5.02 Å². The van der Waals surface area contributed by atoms with Crippen LogP contribution in [0.1, 0.15) is 22.7 Å². The van der Waals surface area contributed by atoms with Gasteiger partial charge < -0.3 is 14.7 Å². The highest BCUT2D eigenvalue weighted by Gasteiger charge is 2.46. The van der Waals surface area contributed by atoms with Crippen LogP contribution >= 0.6 is 11.6 Å². The fraction of sp³-hybridized carbons (Fsp3) is 0.120. The van der Waals surface area contributed by atoms with Gasteiger partial charge in [0.1, 0.15) is 11.5 Å². The van der Waals surface area contributed by atoms with E-state index in [1.807, 2.05) is 30.3 Å². The van der Waals surface area contributed by atoms with Gasteiger partial charge in [0.15, 0.2) is 0 Å². The number of hydrogen-bond donors (Lipinski definition) is 1. The lowest BCUT2D eigenvalue weighted by molar-refractivity contribution is -0.140. The molecular formula is C25H20ClNO4. The zero-order chi connectivity index (χ0) is 22.0. The molecule has 5 nitrogen and oxygen atoms in total. The number of methoxy groups -OCH3 is 1. The van der Waals surface area contributed by atoms with Crippen molar-refractivity contribution in [3.05, 3.63) is 106 Å². The second kappa shape index (κ2) is 8.66. The van der Waals surface area contributed by atoms with Gasteiger partial charge in [-0.3, -0.25) is 9.59 Å². The molecule has 0 bridgehead atoms. The normalized spacial score (nSPS) is 17.7. The maximum atomic E-state index is 13.0. The van der Waals surface area contributed by atoms with Crippen LogP contribution < -0.4 is 4.74 Å². The van der Waals surface area contributed by atoms with Crippen molar-refractivity contribution in [3.8, 4) is 5.75 Å². The summed E-state index contributed by atoms with van der Waals surface area (Å²) in [5, 5.41) is 11.5. The van der Waals surface area contributed by atoms with Gasteiger partial charge in [-0.05, 0) is 47.5 Å². The first-order valence-electron chi connectivity index (χ1n) is 9.72. The van der Waals surface area contributed by atoms with E-state index in [1.54, 1.807) is 55.6 Å². The molecule has 0 spiro atoms. The average molecular weight is 434 g/mol. The molecule has 0 radical (unpaired) electrons. The summed E-state index contributed by atoms with van der Waals surface area (Å²) in [7, 11) is 1.57. The topological polar surface area (TPSA) is 66.8 Å². The summed E-state index contributed by atoms with van der Waals surface area (Å²) in [4.78, 5) is 27.5. The molecule has 1 N–H and O–H groups in total. The van der Waals surface area contributed by atoms with Gasteiger partial charge in [0.2, 0.25) is 0 Å². The molecule has 1 aliphatic heterocycles. The first kappa shape index (κ1) is 20.7. The third kappa shape index (κ3) is 4.05. The summed E-state index contributed by atoms with van der Waals surface area (Å²) < 4.78 is 5.23. The monoisotopic (exact) mass is 433 g/mol. The number of likely N-dealkylation sites (tertiary alicyclic amines) is 1. The van der Waals surface area contributed by atoms with Crippen molar-refractivity contribution in [3.63, 3.8) is 0 Å². The minimum atomic E-state index is -0.734. The van der Waals surface area contributed by atoms with Gasteiger partial charge in [0.05, 0.1) is 18.7 Å². The molecule has 3 aromatic carbocycles.